The molecule has 30 heavy (non-hydrogen) atoms. The first-order chi connectivity index (χ1) is 14.6. The van der Waals surface area contributed by atoms with E-state index in [1.807, 2.05) is 18.2 Å². The van der Waals surface area contributed by atoms with E-state index in [1.165, 1.54) is 15.9 Å². The van der Waals surface area contributed by atoms with E-state index >= 15 is 0 Å². The van der Waals surface area contributed by atoms with Crippen molar-refractivity contribution >= 4 is 48.3 Å². The Bertz CT molecular complexity index is 1030. The molecule has 0 amide bonds. The summed E-state index contributed by atoms with van der Waals surface area (Å²) in [5.74, 6) is 0.843. The Balaban J connectivity index is 2.11. The van der Waals surface area contributed by atoms with Crippen LogP contribution < -0.4 is 20.7 Å². The average molecular weight is 498 g/mol. The van der Waals surface area contributed by atoms with Gasteiger partial charge in [-0.05, 0) is 0 Å². The summed E-state index contributed by atoms with van der Waals surface area (Å²) in [6, 6.07) is 38.1. The molecule has 0 radical (unpaired) electrons. The molecule has 0 aliphatic heterocycles. The van der Waals surface area contributed by atoms with Crippen molar-refractivity contribution in [3.8, 4) is 5.75 Å². The van der Waals surface area contributed by atoms with Crippen LogP contribution in [0, 0.1) is 0 Å². The predicted octanol–water partition coefficient (Wildman–Crippen LogP) is 6.69. The summed E-state index contributed by atoms with van der Waals surface area (Å²) < 4.78 is 5.74. The molecule has 0 unspecified atom stereocenters. The minimum atomic E-state index is -3.08. The maximum absolute atomic E-state index is 6.43. The van der Waals surface area contributed by atoms with Gasteiger partial charge in [0.1, 0.15) is 0 Å². The third kappa shape index (κ3) is 3.58. The Morgan fingerprint density at radius 2 is 1.13 bits per heavy atom. The van der Waals surface area contributed by atoms with Crippen LogP contribution in [0.4, 0.5) is 0 Å². The van der Waals surface area contributed by atoms with Gasteiger partial charge >= 0.3 is 192 Å². The average Bonchev–Trinajstić information content (AvgIpc) is 2.81. The van der Waals surface area contributed by atoms with Crippen molar-refractivity contribution in [1.82, 2.24) is 0 Å². The van der Waals surface area contributed by atoms with Crippen molar-refractivity contribution < 1.29 is 4.74 Å². The molecule has 1 nitrogen and oxygen atoms in total. The van der Waals surface area contributed by atoms with E-state index in [1.54, 1.807) is 7.11 Å². The Kier molecular flexibility index (Phi) is 6.02. The van der Waals surface area contributed by atoms with Crippen LogP contribution in [0.1, 0.15) is 5.56 Å². The predicted molar refractivity (Wildman–Crippen MR) is 136 cm³/mol. The van der Waals surface area contributed by atoms with Gasteiger partial charge in [-0.1, -0.05) is 0 Å². The van der Waals surface area contributed by atoms with Gasteiger partial charge in [0.15, 0.2) is 0 Å². The zero-order chi connectivity index (χ0) is 21.1. The Morgan fingerprint density at radius 3 is 1.53 bits per heavy atom. The van der Waals surface area contributed by atoms with Crippen LogP contribution >= 0.6 is 32.4 Å². The number of hydrogen-bond donors (Lipinski definition) is 0. The summed E-state index contributed by atoms with van der Waals surface area (Å²) >= 11 is 10.9. The summed E-state index contributed by atoms with van der Waals surface area (Å²) in [6.07, 6.45) is 0.743. The molecule has 152 valence electrons. The molecule has 4 aromatic rings. The number of hydrogen-bond acceptors (Lipinski definition) is 1. The molecular formula is C26H23BrClOP. The van der Waals surface area contributed by atoms with Crippen LogP contribution in [0.3, 0.4) is 0 Å². The molecule has 0 atom stereocenters. The van der Waals surface area contributed by atoms with Crippen molar-refractivity contribution in [3.05, 3.63) is 120 Å². The molecule has 0 aliphatic carbocycles. The summed E-state index contributed by atoms with van der Waals surface area (Å²) in [5, 5.41) is 1.43. The molecule has 0 fully saturated rings. The monoisotopic (exact) mass is 496 g/mol. The zero-order valence-corrected chi connectivity index (χ0v) is 19.9. The molecule has 0 N–H and O–H groups in total. The minimum absolute atomic E-state index is 0.706. The van der Waals surface area contributed by atoms with E-state index in [0.717, 1.165) is 17.5 Å². The molecule has 0 aliphatic rings. The van der Waals surface area contributed by atoms with Crippen molar-refractivity contribution in [1.29, 1.82) is 0 Å². The molecule has 4 heteroatoms. The third-order valence-electron chi connectivity index (χ3n) is 5.59. The number of methoxy groups -OCH3 is 1. The second kappa shape index (κ2) is 8.55. The Morgan fingerprint density at radius 1 is 0.700 bits per heavy atom. The summed E-state index contributed by atoms with van der Waals surface area (Å²) in [7, 11) is 1.71. The van der Waals surface area contributed by atoms with Crippen molar-refractivity contribution in [2.24, 2.45) is 0 Å². The quantitative estimate of drug-likeness (QED) is 0.270. The van der Waals surface area contributed by atoms with Crippen molar-refractivity contribution in [3.63, 3.8) is 0 Å². The van der Waals surface area contributed by atoms with Crippen LogP contribution in [0.15, 0.2) is 109 Å². The summed E-state index contributed by atoms with van der Waals surface area (Å²) in [4.78, 5) is 0. The fourth-order valence-electron chi connectivity index (χ4n) is 4.13. The molecule has 4 aromatic carbocycles. The van der Waals surface area contributed by atoms with Crippen LogP contribution in [0.25, 0.3) is 0 Å². The first-order valence-electron chi connectivity index (χ1n) is 9.78. The second-order valence-electron chi connectivity index (χ2n) is 7.30. The van der Waals surface area contributed by atoms with E-state index in [-0.39, 0.29) is 0 Å². The molecule has 0 heterocycles. The topological polar surface area (TPSA) is 9.23 Å². The van der Waals surface area contributed by atoms with E-state index in [0.29, 0.717) is 5.02 Å². The van der Waals surface area contributed by atoms with E-state index in [4.69, 9.17) is 16.3 Å². The standard InChI is InChI=1S/C26H23BrClOP/c1-29-26-18-17-22(28)19-21(26)20-30(27,23-11-5-2-6-12-23,24-13-7-3-8-14-24)25-15-9-4-10-16-25/h2-19H,20H2,1H3. The van der Waals surface area contributed by atoms with Gasteiger partial charge < -0.3 is 0 Å². The summed E-state index contributed by atoms with van der Waals surface area (Å²) in [5.41, 5.74) is 1.08. The van der Waals surface area contributed by atoms with E-state index in [2.05, 4.69) is 106 Å². The van der Waals surface area contributed by atoms with E-state index in [9.17, 15) is 0 Å². The number of ether oxygens (including phenoxy) is 1. The van der Waals surface area contributed by atoms with E-state index < -0.39 is 5.31 Å². The van der Waals surface area contributed by atoms with Gasteiger partial charge in [0.2, 0.25) is 0 Å². The van der Waals surface area contributed by atoms with Gasteiger partial charge in [-0.25, -0.2) is 0 Å². The second-order valence-corrected chi connectivity index (χ2v) is 16.7. The number of halogens is 2. The molecule has 0 saturated carbocycles. The van der Waals surface area contributed by atoms with Crippen molar-refractivity contribution in [2.75, 3.05) is 7.11 Å². The fraction of sp³-hybridized carbons (Fsp3) is 0.0769. The normalized spacial score (nSPS) is 12.7. The van der Waals surface area contributed by atoms with Gasteiger partial charge in [0.05, 0.1) is 0 Å². The fourth-order valence-corrected chi connectivity index (χ4v) is 12.0. The maximum atomic E-state index is 6.43. The van der Waals surface area contributed by atoms with Crippen LogP contribution in [-0.2, 0) is 6.16 Å². The van der Waals surface area contributed by atoms with Crippen LogP contribution in [0.2, 0.25) is 5.02 Å². The zero-order valence-electron chi connectivity index (χ0n) is 16.7. The molecular weight excluding hydrogens is 475 g/mol. The Labute approximate surface area is 191 Å². The van der Waals surface area contributed by atoms with Gasteiger partial charge in [0.25, 0.3) is 0 Å². The van der Waals surface area contributed by atoms with Crippen LogP contribution in [0.5, 0.6) is 5.75 Å². The SMILES string of the molecule is COc1ccc(Cl)cc1CP(Br)(c1ccccc1)(c1ccccc1)c1ccccc1. The van der Waals surface area contributed by atoms with Crippen LogP contribution in [-0.4, -0.2) is 7.11 Å². The van der Waals surface area contributed by atoms with Gasteiger partial charge in [-0.3, -0.25) is 0 Å². The van der Waals surface area contributed by atoms with Crippen molar-refractivity contribution in [2.45, 2.75) is 6.16 Å². The first-order valence-corrected chi connectivity index (χ1v) is 14.6. The third-order valence-corrected chi connectivity index (χ3v) is 15.3. The number of rotatable bonds is 6. The molecule has 0 bridgehead atoms. The Hall–Kier alpha value is -2.12. The molecule has 4 rings (SSSR count). The van der Waals surface area contributed by atoms with Gasteiger partial charge in [-0.15, -0.1) is 0 Å². The van der Waals surface area contributed by atoms with Gasteiger partial charge in [0, 0.05) is 0 Å². The molecule has 0 spiro atoms. The number of benzene rings is 4. The molecule has 0 aromatic heterocycles. The summed E-state index contributed by atoms with van der Waals surface area (Å²) in [6.45, 7) is 0. The van der Waals surface area contributed by atoms with Gasteiger partial charge in [-0.2, -0.15) is 0 Å². The molecule has 0 saturated heterocycles. The first kappa shape index (κ1) is 21.1.